The van der Waals surface area contributed by atoms with Crippen LogP contribution in [-0.4, -0.2) is 45.3 Å². The van der Waals surface area contributed by atoms with Gasteiger partial charge in [0.05, 0.1) is 15.6 Å². The molecule has 2 N–H and O–H groups in total. The van der Waals surface area contributed by atoms with Crippen LogP contribution in [0.2, 0.25) is 5.02 Å². The predicted octanol–water partition coefficient (Wildman–Crippen LogP) is 4.01. The lowest BCUT2D eigenvalue weighted by molar-refractivity contribution is -0.139. The maximum atomic E-state index is 11.9. The molecule has 1 aliphatic heterocycles. The van der Waals surface area contributed by atoms with Gasteiger partial charge < -0.3 is 14.9 Å². The quantitative estimate of drug-likeness (QED) is 0.772. The molecule has 1 aliphatic rings. The number of halogens is 1. The van der Waals surface area contributed by atoms with Gasteiger partial charge in [-0.2, -0.15) is 0 Å². The Balaban J connectivity index is 2.13. The maximum Gasteiger partial charge on any atom is 0.408 e. The van der Waals surface area contributed by atoms with Crippen molar-refractivity contribution >= 4 is 35.0 Å². The number of thiazole rings is 1. The van der Waals surface area contributed by atoms with Crippen LogP contribution in [0, 0.1) is 0 Å². The SMILES string of the molecule is CC(C)c1nc2c(s1)C(c1cc(Cl)ccc1OCC(=O)O)N(C(=O)O)CC2. The molecule has 27 heavy (non-hydrogen) atoms. The zero-order valence-corrected chi connectivity index (χ0v) is 16.4. The van der Waals surface area contributed by atoms with E-state index >= 15 is 0 Å². The summed E-state index contributed by atoms with van der Waals surface area (Å²) in [6.45, 7) is 3.84. The Bertz CT molecular complexity index is 883. The Labute approximate surface area is 165 Å². The van der Waals surface area contributed by atoms with Crippen molar-refractivity contribution in [2.45, 2.75) is 32.2 Å². The zero-order chi connectivity index (χ0) is 19.7. The number of benzene rings is 1. The van der Waals surface area contributed by atoms with E-state index in [9.17, 15) is 14.7 Å². The lowest BCUT2D eigenvalue weighted by Gasteiger charge is -2.34. The average molecular weight is 411 g/mol. The summed E-state index contributed by atoms with van der Waals surface area (Å²) in [5.41, 5.74) is 1.39. The first-order valence-corrected chi connectivity index (χ1v) is 9.60. The molecule has 0 saturated heterocycles. The number of carboxylic acids is 1. The van der Waals surface area contributed by atoms with Crippen LogP contribution in [-0.2, 0) is 11.2 Å². The normalized spacial score (nSPS) is 16.3. The number of aliphatic carboxylic acids is 1. The van der Waals surface area contributed by atoms with Crippen LogP contribution in [0.5, 0.6) is 5.75 Å². The second kappa shape index (κ2) is 7.74. The van der Waals surface area contributed by atoms with Crippen molar-refractivity contribution in [3.05, 3.63) is 44.4 Å². The highest BCUT2D eigenvalue weighted by Crippen LogP contribution is 2.43. The second-order valence-corrected chi connectivity index (χ2v) is 8.01. The third-order valence-electron chi connectivity index (χ3n) is 4.25. The standard InChI is InChI=1S/C18H19ClN2O5S/c1-9(2)17-20-12-5-6-21(18(24)25)15(16(12)27-17)11-7-10(19)3-4-13(11)26-8-14(22)23/h3-4,7,9,15H,5-6,8H2,1-2H3,(H,22,23)(H,24,25). The van der Waals surface area contributed by atoms with Crippen molar-refractivity contribution in [1.82, 2.24) is 9.88 Å². The summed E-state index contributed by atoms with van der Waals surface area (Å²) in [6, 6.07) is 4.14. The van der Waals surface area contributed by atoms with E-state index in [0.29, 0.717) is 29.3 Å². The summed E-state index contributed by atoms with van der Waals surface area (Å²) < 4.78 is 5.41. The summed E-state index contributed by atoms with van der Waals surface area (Å²) in [7, 11) is 0. The van der Waals surface area contributed by atoms with Gasteiger partial charge in [0, 0.05) is 29.5 Å². The Hall–Kier alpha value is -2.32. The first kappa shape index (κ1) is 19.4. The van der Waals surface area contributed by atoms with Gasteiger partial charge in [-0.25, -0.2) is 14.6 Å². The van der Waals surface area contributed by atoms with E-state index in [4.69, 9.17) is 21.4 Å². The molecule has 7 nitrogen and oxygen atoms in total. The zero-order valence-electron chi connectivity index (χ0n) is 14.8. The van der Waals surface area contributed by atoms with E-state index in [1.54, 1.807) is 18.2 Å². The van der Waals surface area contributed by atoms with Gasteiger partial charge in [-0.3, -0.25) is 4.90 Å². The number of amides is 1. The summed E-state index contributed by atoms with van der Waals surface area (Å²) in [4.78, 5) is 29.6. The van der Waals surface area contributed by atoms with E-state index in [1.165, 1.54) is 16.2 Å². The van der Waals surface area contributed by atoms with Crippen molar-refractivity contribution < 1.29 is 24.5 Å². The largest absolute Gasteiger partial charge is 0.482 e. The van der Waals surface area contributed by atoms with Crippen LogP contribution in [0.15, 0.2) is 18.2 Å². The van der Waals surface area contributed by atoms with Crippen LogP contribution < -0.4 is 4.74 Å². The topological polar surface area (TPSA) is 100.0 Å². The molecule has 2 heterocycles. The minimum absolute atomic E-state index is 0.224. The van der Waals surface area contributed by atoms with Crippen molar-refractivity contribution in [3.63, 3.8) is 0 Å². The highest BCUT2D eigenvalue weighted by Gasteiger charge is 2.37. The lowest BCUT2D eigenvalue weighted by Crippen LogP contribution is -2.39. The maximum absolute atomic E-state index is 11.9. The molecule has 0 radical (unpaired) electrons. The van der Waals surface area contributed by atoms with E-state index in [0.717, 1.165) is 15.6 Å². The molecule has 1 unspecified atom stereocenters. The van der Waals surface area contributed by atoms with Crippen LogP contribution in [0.1, 0.15) is 46.9 Å². The van der Waals surface area contributed by atoms with Crippen LogP contribution in [0.3, 0.4) is 0 Å². The molecule has 0 aliphatic carbocycles. The van der Waals surface area contributed by atoms with Crippen LogP contribution in [0.4, 0.5) is 4.79 Å². The van der Waals surface area contributed by atoms with E-state index in [1.807, 2.05) is 13.8 Å². The summed E-state index contributed by atoms with van der Waals surface area (Å²) in [5.74, 6) is -0.595. The first-order valence-electron chi connectivity index (χ1n) is 8.41. The van der Waals surface area contributed by atoms with Crippen molar-refractivity contribution in [1.29, 1.82) is 0 Å². The third kappa shape index (κ3) is 4.01. The number of hydrogen-bond donors (Lipinski definition) is 2. The highest BCUT2D eigenvalue weighted by molar-refractivity contribution is 7.12. The fourth-order valence-electron chi connectivity index (χ4n) is 3.04. The van der Waals surface area contributed by atoms with Gasteiger partial charge >= 0.3 is 12.1 Å². The molecule has 0 fully saturated rings. The van der Waals surface area contributed by atoms with E-state index in [-0.39, 0.29) is 5.92 Å². The van der Waals surface area contributed by atoms with Gasteiger partial charge in [-0.1, -0.05) is 25.4 Å². The molecule has 144 valence electrons. The summed E-state index contributed by atoms with van der Waals surface area (Å²) in [5, 5.41) is 20.0. The van der Waals surface area contributed by atoms with Crippen molar-refractivity contribution in [2.24, 2.45) is 0 Å². The first-order chi connectivity index (χ1) is 12.8. The number of hydrogen-bond acceptors (Lipinski definition) is 5. The molecule has 9 heteroatoms. The lowest BCUT2D eigenvalue weighted by atomic mass is 9.97. The Morgan fingerprint density at radius 1 is 1.41 bits per heavy atom. The minimum atomic E-state index is -1.12. The number of nitrogens with zero attached hydrogens (tertiary/aromatic N) is 2. The number of aromatic nitrogens is 1. The Kier molecular flexibility index (Phi) is 5.57. The van der Waals surface area contributed by atoms with Gasteiger partial charge in [-0.05, 0) is 18.2 Å². The van der Waals surface area contributed by atoms with Gasteiger partial charge in [0.1, 0.15) is 11.8 Å². The highest BCUT2D eigenvalue weighted by atomic mass is 35.5. The van der Waals surface area contributed by atoms with Gasteiger partial charge in [0.25, 0.3) is 0 Å². The molecule has 0 bridgehead atoms. The molecular formula is C18H19ClN2O5S. The molecule has 3 rings (SSSR count). The second-order valence-electron chi connectivity index (χ2n) is 6.51. The molecule has 2 aromatic rings. The number of fused-ring (bicyclic) bond motifs is 1. The van der Waals surface area contributed by atoms with Crippen molar-refractivity contribution in [2.75, 3.05) is 13.2 Å². The van der Waals surface area contributed by atoms with Gasteiger partial charge in [0.15, 0.2) is 6.61 Å². The van der Waals surface area contributed by atoms with Crippen molar-refractivity contribution in [3.8, 4) is 5.75 Å². The smallest absolute Gasteiger partial charge is 0.408 e. The fourth-order valence-corrected chi connectivity index (χ4v) is 4.47. The molecular weight excluding hydrogens is 392 g/mol. The van der Waals surface area contributed by atoms with Gasteiger partial charge in [0.2, 0.25) is 0 Å². The fraction of sp³-hybridized carbons (Fsp3) is 0.389. The number of ether oxygens (including phenoxy) is 1. The van der Waals surface area contributed by atoms with Gasteiger partial charge in [-0.15, -0.1) is 11.3 Å². The number of rotatable bonds is 5. The monoisotopic (exact) mass is 410 g/mol. The number of carbonyl (C=O) groups is 2. The summed E-state index contributed by atoms with van der Waals surface area (Å²) in [6.07, 6.45) is -0.526. The van der Waals surface area contributed by atoms with Crippen LogP contribution in [0.25, 0.3) is 0 Å². The number of carboxylic acid groups (broad SMARTS) is 2. The molecule has 0 saturated carbocycles. The summed E-state index contributed by atoms with van der Waals surface area (Å²) >= 11 is 7.63. The predicted molar refractivity (Wildman–Crippen MR) is 101 cm³/mol. The molecule has 1 amide bonds. The Morgan fingerprint density at radius 3 is 2.78 bits per heavy atom. The minimum Gasteiger partial charge on any atom is -0.482 e. The molecule has 1 aromatic carbocycles. The van der Waals surface area contributed by atoms with E-state index in [2.05, 4.69) is 4.98 Å². The average Bonchev–Trinajstić information content (AvgIpc) is 3.04. The van der Waals surface area contributed by atoms with E-state index < -0.39 is 24.7 Å². The Morgan fingerprint density at radius 2 is 2.15 bits per heavy atom. The molecule has 1 atom stereocenters. The molecule has 0 spiro atoms. The molecule has 1 aromatic heterocycles. The third-order valence-corrected chi connectivity index (χ3v) is 5.94. The van der Waals surface area contributed by atoms with Crippen LogP contribution >= 0.6 is 22.9 Å².